The van der Waals surface area contributed by atoms with E-state index in [1.165, 1.54) is 12.0 Å². The number of rotatable bonds is 5. The summed E-state index contributed by atoms with van der Waals surface area (Å²) in [4.78, 5) is 34.3. The molecular weight excluding hydrogens is 242 g/mol. The van der Waals surface area contributed by atoms with Crippen LogP contribution in [0.5, 0.6) is 0 Å². The second kappa shape index (κ2) is 6.75. The van der Waals surface area contributed by atoms with Crippen LogP contribution in [-0.2, 0) is 23.9 Å². The Balaban J connectivity index is 2.25. The van der Waals surface area contributed by atoms with E-state index in [1.54, 1.807) is 0 Å². The van der Waals surface area contributed by atoms with Gasteiger partial charge in [-0.1, -0.05) is 0 Å². The fourth-order valence-electron chi connectivity index (χ4n) is 1.49. The molecule has 1 atom stereocenters. The zero-order valence-corrected chi connectivity index (χ0v) is 10.00. The fourth-order valence-corrected chi connectivity index (χ4v) is 1.49. The van der Waals surface area contributed by atoms with Gasteiger partial charge in [-0.25, -0.2) is 9.59 Å². The largest absolute Gasteiger partial charge is 0.466 e. The highest BCUT2D eigenvalue weighted by atomic mass is 16.5. The molecule has 0 radical (unpaired) electrons. The van der Waals surface area contributed by atoms with E-state index in [4.69, 9.17) is 4.74 Å². The first-order chi connectivity index (χ1) is 8.54. The summed E-state index contributed by atoms with van der Waals surface area (Å²) in [5, 5.41) is 9.42. The van der Waals surface area contributed by atoms with Crippen LogP contribution in [0.25, 0.3) is 0 Å². The third-order valence-electron chi connectivity index (χ3n) is 2.43. The molecule has 0 aromatic rings. The van der Waals surface area contributed by atoms with E-state index in [9.17, 15) is 19.5 Å². The van der Waals surface area contributed by atoms with Crippen LogP contribution in [0, 0.1) is 0 Å². The van der Waals surface area contributed by atoms with Gasteiger partial charge in [0.25, 0.3) is 0 Å². The zero-order chi connectivity index (χ0) is 13.5. The SMILES string of the molecule is COC(=O)/C=C/C(=O)OCCN1C(=O)CCC1O. The predicted octanol–water partition coefficient (Wildman–Crippen LogP) is -0.800. The van der Waals surface area contributed by atoms with Crippen LogP contribution in [0.1, 0.15) is 12.8 Å². The number of aliphatic hydroxyl groups is 1. The van der Waals surface area contributed by atoms with E-state index in [0.717, 1.165) is 12.2 Å². The number of hydrogen-bond acceptors (Lipinski definition) is 6. The van der Waals surface area contributed by atoms with E-state index in [2.05, 4.69) is 4.74 Å². The molecule has 1 rings (SSSR count). The van der Waals surface area contributed by atoms with Gasteiger partial charge in [0.1, 0.15) is 12.8 Å². The monoisotopic (exact) mass is 257 g/mol. The molecule has 0 saturated carbocycles. The topological polar surface area (TPSA) is 93.1 Å². The molecule has 1 N–H and O–H groups in total. The molecule has 1 aliphatic heterocycles. The Morgan fingerprint density at radius 1 is 1.44 bits per heavy atom. The van der Waals surface area contributed by atoms with Gasteiger partial charge in [0, 0.05) is 25.0 Å². The van der Waals surface area contributed by atoms with Crippen molar-refractivity contribution in [2.24, 2.45) is 0 Å². The van der Waals surface area contributed by atoms with Crippen LogP contribution in [0.15, 0.2) is 12.2 Å². The molecule has 7 heteroatoms. The zero-order valence-electron chi connectivity index (χ0n) is 10.00. The lowest BCUT2D eigenvalue weighted by Gasteiger charge is -2.19. The Labute approximate surface area is 104 Å². The van der Waals surface area contributed by atoms with E-state index in [0.29, 0.717) is 12.8 Å². The predicted molar refractivity (Wildman–Crippen MR) is 59.1 cm³/mol. The first kappa shape index (κ1) is 14.2. The number of amides is 1. The molecule has 1 saturated heterocycles. The maximum Gasteiger partial charge on any atom is 0.331 e. The Hall–Kier alpha value is -1.89. The van der Waals surface area contributed by atoms with Gasteiger partial charge in [-0.05, 0) is 0 Å². The maximum atomic E-state index is 11.3. The lowest BCUT2D eigenvalue weighted by molar-refractivity contribution is -0.143. The summed E-state index contributed by atoms with van der Waals surface area (Å²) in [5.74, 6) is -1.53. The number of hydrogen-bond donors (Lipinski definition) is 1. The number of methoxy groups -OCH3 is 1. The summed E-state index contributed by atoms with van der Waals surface area (Å²) in [6.45, 7) is 0.102. The van der Waals surface area contributed by atoms with Gasteiger partial charge in [-0.2, -0.15) is 0 Å². The summed E-state index contributed by atoms with van der Waals surface area (Å²) in [7, 11) is 1.19. The summed E-state index contributed by atoms with van der Waals surface area (Å²) in [6.07, 6.45) is 1.78. The molecule has 100 valence electrons. The van der Waals surface area contributed by atoms with Gasteiger partial charge in [0.05, 0.1) is 13.7 Å². The highest BCUT2D eigenvalue weighted by Crippen LogP contribution is 2.15. The number of aliphatic hydroxyl groups excluding tert-OH is 1. The Morgan fingerprint density at radius 3 is 2.67 bits per heavy atom. The summed E-state index contributed by atoms with van der Waals surface area (Å²) >= 11 is 0. The second-order valence-electron chi connectivity index (χ2n) is 3.63. The molecule has 0 bridgehead atoms. The van der Waals surface area contributed by atoms with Gasteiger partial charge in [0.2, 0.25) is 5.91 Å². The van der Waals surface area contributed by atoms with Crippen molar-refractivity contribution in [3.63, 3.8) is 0 Å². The van der Waals surface area contributed by atoms with Crippen molar-refractivity contribution in [3.8, 4) is 0 Å². The summed E-state index contributed by atoms with van der Waals surface area (Å²) in [5.41, 5.74) is 0. The Kier molecular flexibility index (Phi) is 5.31. The third-order valence-corrected chi connectivity index (χ3v) is 2.43. The molecule has 1 heterocycles. The lowest BCUT2D eigenvalue weighted by Crippen LogP contribution is -2.35. The minimum absolute atomic E-state index is 0.0346. The van der Waals surface area contributed by atoms with Crippen molar-refractivity contribution in [2.75, 3.05) is 20.3 Å². The van der Waals surface area contributed by atoms with Crippen molar-refractivity contribution < 1.29 is 29.0 Å². The van der Waals surface area contributed by atoms with Crippen molar-refractivity contribution in [2.45, 2.75) is 19.1 Å². The van der Waals surface area contributed by atoms with E-state index < -0.39 is 18.2 Å². The molecule has 1 amide bonds. The highest BCUT2D eigenvalue weighted by Gasteiger charge is 2.28. The molecule has 7 nitrogen and oxygen atoms in total. The summed E-state index contributed by atoms with van der Waals surface area (Å²) in [6, 6.07) is 0. The maximum absolute atomic E-state index is 11.3. The van der Waals surface area contributed by atoms with Crippen LogP contribution < -0.4 is 0 Å². The van der Waals surface area contributed by atoms with Crippen LogP contribution in [0.2, 0.25) is 0 Å². The molecule has 0 aliphatic carbocycles. The summed E-state index contributed by atoms with van der Waals surface area (Å²) < 4.78 is 9.05. The number of nitrogens with zero attached hydrogens (tertiary/aromatic N) is 1. The normalized spacial score (nSPS) is 19.3. The minimum Gasteiger partial charge on any atom is -0.466 e. The molecular formula is C11H15NO6. The van der Waals surface area contributed by atoms with Crippen molar-refractivity contribution in [1.29, 1.82) is 0 Å². The van der Waals surface area contributed by atoms with E-state index in [-0.39, 0.29) is 19.1 Å². The van der Waals surface area contributed by atoms with Crippen LogP contribution in [0.4, 0.5) is 0 Å². The van der Waals surface area contributed by atoms with Gasteiger partial charge < -0.3 is 19.5 Å². The van der Waals surface area contributed by atoms with Crippen molar-refractivity contribution >= 4 is 17.8 Å². The number of carbonyl (C=O) groups is 3. The number of carbonyl (C=O) groups excluding carboxylic acids is 3. The minimum atomic E-state index is -0.804. The van der Waals surface area contributed by atoms with Crippen LogP contribution in [-0.4, -0.2) is 54.3 Å². The smallest absolute Gasteiger partial charge is 0.331 e. The Bertz CT molecular complexity index is 365. The molecule has 0 aromatic heterocycles. The van der Waals surface area contributed by atoms with E-state index in [1.807, 2.05) is 0 Å². The molecule has 1 aliphatic rings. The molecule has 1 fully saturated rings. The number of ether oxygens (including phenoxy) is 2. The quantitative estimate of drug-likeness (QED) is 0.512. The van der Waals surface area contributed by atoms with E-state index >= 15 is 0 Å². The molecule has 0 spiro atoms. The molecule has 0 aromatic carbocycles. The fraction of sp³-hybridized carbons (Fsp3) is 0.545. The number of esters is 2. The molecule has 18 heavy (non-hydrogen) atoms. The van der Waals surface area contributed by atoms with Gasteiger partial charge in [0.15, 0.2) is 0 Å². The third kappa shape index (κ3) is 4.17. The average Bonchev–Trinajstić information content (AvgIpc) is 2.67. The van der Waals surface area contributed by atoms with Gasteiger partial charge >= 0.3 is 11.9 Å². The lowest BCUT2D eigenvalue weighted by atomic mass is 10.4. The number of likely N-dealkylation sites (tertiary alicyclic amines) is 1. The van der Waals surface area contributed by atoms with Crippen LogP contribution in [0.3, 0.4) is 0 Å². The van der Waals surface area contributed by atoms with Crippen molar-refractivity contribution in [3.05, 3.63) is 12.2 Å². The van der Waals surface area contributed by atoms with Crippen LogP contribution >= 0.6 is 0 Å². The Morgan fingerprint density at radius 2 is 2.11 bits per heavy atom. The highest BCUT2D eigenvalue weighted by molar-refractivity contribution is 5.91. The second-order valence-corrected chi connectivity index (χ2v) is 3.63. The van der Waals surface area contributed by atoms with Crippen molar-refractivity contribution in [1.82, 2.24) is 4.90 Å². The van der Waals surface area contributed by atoms with Gasteiger partial charge in [-0.3, -0.25) is 4.79 Å². The molecule has 1 unspecified atom stereocenters. The standard InChI is InChI=1S/C11H15NO6/c1-17-10(15)4-5-11(16)18-7-6-12-8(13)2-3-9(12)14/h4-5,8,13H,2-3,6-7H2,1H3/b5-4+. The average molecular weight is 257 g/mol. The van der Waals surface area contributed by atoms with Gasteiger partial charge in [-0.15, -0.1) is 0 Å². The first-order valence-electron chi connectivity index (χ1n) is 5.45. The first-order valence-corrected chi connectivity index (χ1v) is 5.45.